The molecule has 0 aliphatic carbocycles. The van der Waals surface area contributed by atoms with Crippen LogP contribution in [-0.4, -0.2) is 47.8 Å². The zero-order valence-corrected chi connectivity index (χ0v) is 10.9. The van der Waals surface area contributed by atoms with Gasteiger partial charge in [0.25, 0.3) is 0 Å². The molecule has 96 valence electrons. The van der Waals surface area contributed by atoms with E-state index >= 15 is 0 Å². The number of carbonyl (C=O) groups excluding carboxylic acids is 1. The van der Waals surface area contributed by atoms with Crippen LogP contribution in [0.2, 0.25) is 0 Å². The third kappa shape index (κ3) is 6.08. The van der Waals surface area contributed by atoms with Crippen molar-refractivity contribution in [3.05, 3.63) is 0 Å². The molecule has 0 saturated carbocycles. The van der Waals surface area contributed by atoms with Crippen molar-refractivity contribution in [2.24, 2.45) is 0 Å². The van der Waals surface area contributed by atoms with E-state index in [2.05, 4.69) is 13.8 Å². The summed E-state index contributed by atoms with van der Waals surface area (Å²) in [6.45, 7) is 8.73. The first kappa shape index (κ1) is 15.4. The molecule has 0 spiro atoms. The van der Waals surface area contributed by atoms with Crippen LogP contribution in [-0.2, 0) is 9.53 Å². The molecule has 0 aromatic heterocycles. The predicted octanol–water partition coefficient (Wildman–Crippen LogP) is 1.42. The lowest BCUT2D eigenvalue weighted by atomic mass is 10.1. The van der Waals surface area contributed by atoms with Gasteiger partial charge >= 0.3 is 5.97 Å². The smallest absolute Gasteiger partial charge is 0.320 e. The quantitative estimate of drug-likeness (QED) is 0.642. The number of hydrogen-bond donors (Lipinski definition) is 1. The molecule has 0 fully saturated rings. The maximum atomic E-state index is 11.5. The van der Waals surface area contributed by atoms with Gasteiger partial charge in [-0.05, 0) is 26.7 Å². The highest BCUT2D eigenvalue weighted by molar-refractivity contribution is 5.71. The number of rotatable bonds is 8. The molecule has 0 saturated heterocycles. The van der Waals surface area contributed by atoms with Crippen LogP contribution in [0.3, 0.4) is 0 Å². The van der Waals surface area contributed by atoms with E-state index in [1.54, 1.807) is 0 Å². The van der Waals surface area contributed by atoms with Crippen molar-refractivity contribution in [3.8, 4) is 0 Å². The van der Waals surface area contributed by atoms with Gasteiger partial charge in [0.05, 0.1) is 19.3 Å². The molecule has 0 aliphatic heterocycles. The van der Waals surface area contributed by atoms with E-state index in [9.17, 15) is 4.79 Å². The molecule has 0 atom stereocenters. The van der Waals surface area contributed by atoms with Crippen molar-refractivity contribution in [2.45, 2.75) is 52.7 Å². The average Bonchev–Trinajstić information content (AvgIpc) is 2.18. The third-order valence-corrected chi connectivity index (χ3v) is 2.55. The number of carbonyl (C=O) groups is 1. The normalized spacial score (nSPS) is 11.5. The average molecular weight is 231 g/mol. The molecule has 0 amide bonds. The minimum atomic E-state index is -0.213. The number of aliphatic hydroxyl groups is 1. The maximum Gasteiger partial charge on any atom is 0.320 e. The Hall–Kier alpha value is -0.610. The molecule has 4 heteroatoms. The molecule has 1 N–H and O–H groups in total. The summed E-state index contributed by atoms with van der Waals surface area (Å²) in [7, 11) is 0. The summed E-state index contributed by atoms with van der Waals surface area (Å²) in [6.07, 6.45) is 1.88. The predicted molar refractivity (Wildman–Crippen MR) is 64.3 cm³/mol. The summed E-state index contributed by atoms with van der Waals surface area (Å²) < 4.78 is 5.10. The largest absolute Gasteiger partial charge is 0.462 e. The zero-order chi connectivity index (χ0) is 12.6. The number of nitrogens with zero attached hydrogens (tertiary/aromatic N) is 1. The second-order valence-corrected chi connectivity index (χ2v) is 4.20. The molecule has 4 nitrogen and oxygen atoms in total. The monoisotopic (exact) mass is 231 g/mol. The number of esters is 1. The van der Waals surface area contributed by atoms with E-state index < -0.39 is 0 Å². The fourth-order valence-corrected chi connectivity index (χ4v) is 1.79. The lowest BCUT2D eigenvalue weighted by molar-refractivity contribution is -0.149. The lowest BCUT2D eigenvalue weighted by Gasteiger charge is -2.28. The minimum absolute atomic E-state index is 0.0749. The lowest BCUT2D eigenvalue weighted by Crippen LogP contribution is -2.41. The van der Waals surface area contributed by atoms with Crippen LogP contribution >= 0.6 is 0 Å². The second kappa shape index (κ2) is 8.53. The molecule has 0 rings (SSSR count). The van der Waals surface area contributed by atoms with E-state index in [1.165, 1.54) is 0 Å². The van der Waals surface area contributed by atoms with Gasteiger partial charge < -0.3 is 9.84 Å². The summed E-state index contributed by atoms with van der Waals surface area (Å²) in [6, 6.07) is 0.340. The minimum Gasteiger partial charge on any atom is -0.462 e. The number of aliphatic hydroxyl groups excluding tert-OH is 1. The van der Waals surface area contributed by atoms with Gasteiger partial charge in [-0.15, -0.1) is 0 Å². The summed E-state index contributed by atoms with van der Waals surface area (Å²) >= 11 is 0. The van der Waals surface area contributed by atoms with Crippen molar-refractivity contribution in [1.82, 2.24) is 4.90 Å². The molecule has 0 aliphatic rings. The van der Waals surface area contributed by atoms with Crippen LogP contribution in [0.1, 0.15) is 40.5 Å². The summed E-state index contributed by atoms with van der Waals surface area (Å²) in [4.78, 5) is 13.5. The summed E-state index contributed by atoms with van der Waals surface area (Å²) in [5, 5.41) is 8.98. The van der Waals surface area contributed by atoms with Gasteiger partial charge in [0.2, 0.25) is 0 Å². The van der Waals surface area contributed by atoms with Crippen LogP contribution in [0.15, 0.2) is 0 Å². The van der Waals surface area contributed by atoms with Gasteiger partial charge in [-0.2, -0.15) is 0 Å². The van der Waals surface area contributed by atoms with Crippen LogP contribution in [0.5, 0.6) is 0 Å². The molecular weight excluding hydrogens is 206 g/mol. The van der Waals surface area contributed by atoms with Crippen LogP contribution in [0.25, 0.3) is 0 Å². The highest BCUT2D eigenvalue weighted by atomic mass is 16.5. The van der Waals surface area contributed by atoms with Crippen molar-refractivity contribution in [3.63, 3.8) is 0 Å². The molecule has 0 aromatic carbocycles. The van der Waals surface area contributed by atoms with E-state index in [1.807, 2.05) is 18.7 Å². The molecular formula is C12H25NO3. The van der Waals surface area contributed by atoms with Crippen LogP contribution in [0.4, 0.5) is 0 Å². The molecule has 0 bridgehead atoms. The Kier molecular flexibility index (Phi) is 8.21. The van der Waals surface area contributed by atoms with Gasteiger partial charge in [-0.3, -0.25) is 9.69 Å². The molecule has 16 heavy (non-hydrogen) atoms. The number of hydrogen-bond acceptors (Lipinski definition) is 4. The standard InChI is InChI=1S/C12H25NO3/c1-5-11(6-2)13(7-8-14)9-12(15)16-10(3)4/h10-11,14H,5-9H2,1-4H3. The Bertz CT molecular complexity index is 191. The maximum absolute atomic E-state index is 11.5. The highest BCUT2D eigenvalue weighted by Crippen LogP contribution is 2.08. The highest BCUT2D eigenvalue weighted by Gasteiger charge is 2.18. The van der Waals surface area contributed by atoms with E-state index in [0.29, 0.717) is 12.6 Å². The van der Waals surface area contributed by atoms with Gasteiger partial charge in [-0.1, -0.05) is 13.8 Å². The Labute approximate surface area is 98.6 Å². The van der Waals surface area contributed by atoms with Gasteiger partial charge in [0, 0.05) is 12.6 Å². The van der Waals surface area contributed by atoms with Crippen molar-refractivity contribution in [1.29, 1.82) is 0 Å². The van der Waals surface area contributed by atoms with Gasteiger partial charge in [0.1, 0.15) is 0 Å². The van der Waals surface area contributed by atoms with Crippen molar-refractivity contribution >= 4 is 5.97 Å². The fourth-order valence-electron chi connectivity index (χ4n) is 1.79. The van der Waals surface area contributed by atoms with Gasteiger partial charge in [-0.25, -0.2) is 0 Å². The Morgan fingerprint density at radius 2 is 1.88 bits per heavy atom. The SMILES string of the molecule is CCC(CC)N(CCO)CC(=O)OC(C)C. The van der Waals surface area contributed by atoms with Gasteiger partial charge in [0.15, 0.2) is 0 Å². The Morgan fingerprint density at radius 3 is 2.25 bits per heavy atom. The van der Waals surface area contributed by atoms with Crippen LogP contribution in [0, 0.1) is 0 Å². The molecule has 0 aromatic rings. The van der Waals surface area contributed by atoms with Crippen LogP contribution < -0.4 is 0 Å². The van der Waals surface area contributed by atoms with Crippen molar-refractivity contribution < 1.29 is 14.6 Å². The first-order valence-electron chi connectivity index (χ1n) is 6.09. The first-order valence-corrected chi connectivity index (χ1v) is 6.09. The Morgan fingerprint density at radius 1 is 1.31 bits per heavy atom. The second-order valence-electron chi connectivity index (χ2n) is 4.20. The zero-order valence-electron chi connectivity index (χ0n) is 10.9. The molecule has 0 heterocycles. The number of ether oxygens (including phenoxy) is 1. The van der Waals surface area contributed by atoms with Crippen molar-refractivity contribution in [2.75, 3.05) is 19.7 Å². The van der Waals surface area contributed by atoms with E-state index in [4.69, 9.17) is 9.84 Å². The summed E-state index contributed by atoms with van der Waals surface area (Å²) in [5.74, 6) is -0.213. The topological polar surface area (TPSA) is 49.8 Å². The molecule has 0 radical (unpaired) electrons. The third-order valence-electron chi connectivity index (χ3n) is 2.55. The molecule has 0 unspecified atom stereocenters. The Balaban J connectivity index is 4.25. The van der Waals surface area contributed by atoms with E-state index in [0.717, 1.165) is 12.8 Å². The summed E-state index contributed by atoms with van der Waals surface area (Å²) in [5.41, 5.74) is 0. The van der Waals surface area contributed by atoms with E-state index in [-0.39, 0.29) is 25.2 Å². The first-order chi connectivity index (χ1) is 7.54. The fraction of sp³-hybridized carbons (Fsp3) is 0.917.